The average molecular weight is 496 g/mol. The number of ether oxygens (including phenoxy) is 1. The number of hydrogen-bond donors (Lipinski definition) is 2. The topological polar surface area (TPSA) is 117 Å². The molecule has 0 amide bonds. The van der Waals surface area contributed by atoms with Crippen LogP contribution in [0, 0.1) is 28.6 Å². The molecule has 8 nitrogen and oxygen atoms in total. The third-order valence-electron chi connectivity index (χ3n) is 6.09. The molecule has 0 radical (unpaired) electrons. The molecule has 2 aliphatic rings. The number of alkyl halides is 2. The van der Waals surface area contributed by atoms with Crippen molar-refractivity contribution >= 4 is 22.3 Å². The Bertz CT molecular complexity index is 1420. The standard InChI is InChI=1S/C24H19F2N5O3S/c1-30-23-8-15(3-5-22(23)31(35(30,32)33)14-17-11-24(17,25)26)21-10-19(4-2-16(21)12-27)34-20-6-7-29-18(9-20)13-28/h2-10,17,32-33H,11,14H2,1H3. The number of halogens is 2. The molecular formula is C24H19F2N5O3S. The van der Waals surface area contributed by atoms with Crippen molar-refractivity contribution in [2.45, 2.75) is 12.3 Å². The monoisotopic (exact) mass is 495 g/mol. The molecule has 1 fully saturated rings. The Morgan fingerprint density at radius 3 is 2.51 bits per heavy atom. The Morgan fingerprint density at radius 2 is 1.83 bits per heavy atom. The van der Waals surface area contributed by atoms with Gasteiger partial charge in [0.05, 0.1) is 23.0 Å². The molecule has 2 aromatic carbocycles. The van der Waals surface area contributed by atoms with E-state index in [0.29, 0.717) is 39.6 Å². The number of benzene rings is 2. The molecule has 2 heterocycles. The summed E-state index contributed by atoms with van der Waals surface area (Å²) in [5.41, 5.74) is 2.61. The summed E-state index contributed by atoms with van der Waals surface area (Å²) in [6.07, 6.45) is 1.18. The first kappa shape index (κ1) is 22.9. The van der Waals surface area contributed by atoms with Gasteiger partial charge >= 0.3 is 0 Å². The number of nitrogens with zero attached hydrogens (tertiary/aromatic N) is 5. The van der Waals surface area contributed by atoms with Crippen LogP contribution in [0.3, 0.4) is 0 Å². The lowest BCUT2D eigenvalue weighted by molar-refractivity contribution is 0.101. The molecule has 1 aliphatic carbocycles. The fraction of sp³-hybridized carbons (Fsp3) is 0.208. The SMILES string of the molecule is CN1c2cc(-c3cc(Oc4ccnc(C#N)c4)ccc3C#N)ccc2N(CC2CC2(F)F)S1(O)O. The highest BCUT2D eigenvalue weighted by molar-refractivity contribution is 8.26. The smallest absolute Gasteiger partial charge is 0.253 e. The van der Waals surface area contributed by atoms with E-state index >= 15 is 0 Å². The second-order valence-corrected chi connectivity index (χ2v) is 10.3. The van der Waals surface area contributed by atoms with E-state index in [0.717, 1.165) is 0 Å². The zero-order valence-electron chi connectivity index (χ0n) is 18.4. The van der Waals surface area contributed by atoms with Crippen molar-refractivity contribution in [1.82, 2.24) is 4.98 Å². The van der Waals surface area contributed by atoms with Crippen LogP contribution in [0.25, 0.3) is 11.1 Å². The van der Waals surface area contributed by atoms with Gasteiger partial charge in [0.15, 0.2) is 0 Å². The molecule has 178 valence electrons. The molecule has 0 spiro atoms. The van der Waals surface area contributed by atoms with Crippen molar-refractivity contribution in [2.75, 3.05) is 22.2 Å². The molecule has 0 saturated heterocycles. The Morgan fingerprint density at radius 1 is 1.09 bits per heavy atom. The predicted octanol–water partition coefficient (Wildman–Crippen LogP) is 5.78. The van der Waals surface area contributed by atoms with Crippen LogP contribution in [0.2, 0.25) is 0 Å². The highest BCUT2D eigenvalue weighted by atomic mass is 32.3. The molecule has 3 aromatic rings. The minimum absolute atomic E-state index is 0.171. The maximum Gasteiger partial charge on any atom is 0.253 e. The van der Waals surface area contributed by atoms with Crippen LogP contribution >= 0.6 is 11.0 Å². The van der Waals surface area contributed by atoms with E-state index in [1.165, 1.54) is 27.9 Å². The van der Waals surface area contributed by atoms with Crippen LogP contribution in [-0.2, 0) is 0 Å². The summed E-state index contributed by atoms with van der Waals surface area (Å²) in [5, 5.41) is 18.7. The fourth-order valence-corrected chi connectivity index (χ4v) is 5.53. The number of rotatable bonds is 5. The van der Waals surface area contributed by atoms with E-state index in [2.05, 4.69) is 11.1 Å². The second kappa shape index (κ2) is 8.10. The van der Waals surface area contributed by atoms with Crippen molar-refractivity contribution in [3.8, 4) is 34.8 Å². The second-order valence-electron chi connectivity index (χ2n) is 8.32. The Kier molecular flexibility index (Phi) is 5.29. The van der Waals surface area contributed by atoms with Crippen LogP contribution in [0.5, 0.6) is 11.5 Å². The van der Waals surface area contributed by atoms with Crippen LogP contribution in [0.4, 0.5) is 20.2 Å². The molecule has 1 saturated carbocycles. The number of anilines is 2. The first-order valence-corrected chi connectivity index (χ1v) is 12.0. The minimum atomic E-state index is -3.49. The lowest BCUT2D eigenvalue weighted by Gasteiger charge is -2.42. The highest BCUT2D eigenvalue weighted by Crippen LogP contribution is 2.63. The molecule has 1 unspecified atom stereocenters. The summed E-state index contributed by atoms with van der Waals surface area (Å²) in [4.78, 5) is 3.91. The van der Waals surface area contributed by atoms with E-state index in [-0.39, 0.29) is 18.7 Å². The summed E-state index contributed by atoms with van der Waals surface area (Å²) in [7, 11) is -2.00. The van der Waals surface area contributed by atoms with Gasteiger partial charge in [-0.25, -0.2) is 13.8 Å². The summed E-state index contributed by atoms with van der Waals surface area (Å²) in [6.45, 7) is -0.171. The van der Waals surface area contributed by atoms with Crippen molar-refractivity contribution < 1.29 is 22.6 Å². The van der Waals surface area contributed by atoms with Crippen LogP contribution in [0.1, 0.15) is 17.7 Å². The third-order valence-corrected chi connectivity index (χ3v) is 7.96. The summed E-state index contributed by atoms with van der Waals surface area (Å²) >= 11 is 0. The van der Waals surface area contributed by atoms with E-state index in [1.807, 2.05) is 6.07 Å². The predicted molar refractivity (Wildman–Crippen MR) is 127 cm³/mol. The van der Waals surface area contributed by atoms with E-state index in [4.69, 9.17) is 10.00 Å². The number of nitriles is 2. The Labute approximate surface area is 201 Å². The van der Waals surface area contributed by atoms with Gasteiger partial charge in [-0.15, -0.1) is 0 Å². The Hall–Kier alpha value is -3.90. The molecule has 5 rings (SSSR count). The average Bonchev–Trinajstić information content (AvgIpc) is 3.41. The molecule has 35 heavy (non-hydrogen) atoms. The first-order valence-electron chi connectivity index (χ1n) is 10.5. The summed E-state index contributed by atoms with van der Waals surface area (Å²) < 4.78 is 56.9. The molecule has 1 aromatic heterocycles. The van der Waals surface area contributed by atoms with Crippen molar-refractivity contribution in [1.29, 1.82) is 10.5 Å². The maximum absolute atomic E-state index is 13.5. The molecule has 0 bridgehead atoms. The lowest BCUT2D eigenvalue weighted by atomic mass is 9.99. The quantitative estimate of drug-likeness (QED) is 0.458. The lowest BCUT2D eigenvalue weighted by Crippen LogP contribution is -2.33. The zero-order valence-corrected chi connectivity index (χ0v) is 19.2. The molecule has 1 aliphatic heterocycles. The molecular weight excluding hydrogens is 476 g/mol. The third kappa shape index (κ3) is 4.00. The molecule has 11 heteroatoms. The summed E-state index contributed by atoms with van der Waals surface area (Å²) in [5.74, 6) is -2.89. The first-order chi connectivity index (χ1) is 16.6. The minimum Gasteiger partial charge on any atom is -0.457 e. The van der Waals surface area contributed by atoms with Gasteiger partial charge in [0, 0.05) is 43.8 Å². The molecule has 1 atom stereocenters. The number of hydrogen-bond acceptors (Lipinski definition) is 8. The van der Waals surface area contributed by atoms with E-state index in [9.17, 15) is 23.1 Å². The van der Waals surface area contributed by atoms with Crippen molar-refractivity contribution in [3.05, 3.63) is 66.0 Å². The van der Waals surface area contributed by atoms with Crippen molar-refractivity contribution in [3.63, 3.8) is 0 Å². The Balaban J connectivity index is 1.50. The molecule has 2 N–H and O–H groups in total. The zero-order chi connectivity index (χ0) is 25.0. The van der Waals surface area contributed by atoms with Crippen LogP contribution in [-0.4, -0.2) is 33.6 Å². The van der Waals surface area contributed by atoms with Gasteiger partial charge in [-0.05, 0) is 52.9 Å². The highest BCUT2D eigenvalue weighted by Gasteiger charge is 2.59. The van der Waals surface area contributed by atoms with E-state index < -0.39 is 22.8 Å². The van der Waals surface area contributed by atoms with E-state index in [1.54, 1.807) is 42.5 Å². The van der Waals surface area contributed by atoms with Gasteiger partial charge in [-0.2, -0.15) is 10.5 Å². The number of aromatic nitrogens is 1. The van der Waals surface area contributed by atoms with Crippen LogP contribution < -0.4 is 13.3 Å². The van der Waals surface area contributed by atoms with Gasteiger partial charge in [-0.3, -0.25) is 17.7 Å². The normalized spacial score (nSPS) is 19.9. The van der Waals surface area contributed by atoms with Gasteiger partial charge in [0.25, 0.3) is 5.92 Å². The van der Waals surface area contributed by atoms with Crippen molar-refractivity contribution in [2.24, 2.45) is 5.92 Å². The fourth-order valence-electron chi connectivity index (χ4n) is 4.03. The van der Waals surface area contributed by atoms with Crippen LogP contribution in [0.15, 0.2) is 54.7 Å². The largest absolute Gasteiger partial charge is 0.457 e. The van der Waals surface area contributed by atoms with Gasteiger partial charge < -0.3 is 4.74 Å². The van der Waals surface area contributed by atoms with Gasteiger partial charge in [0.1, 0.15) is 23.3 Å². The summed E-state index contributed by atoms with van der Waals surface area (Å²) in [6, 6.07) is 17.1. The number of pyridine rings is 1. The van der Waals surface area contributed by atoms with Gasteiger partial charge in [0.2, 0.25) is 0 Å². The maximum atomic E-state index is 13.5. The number of fused-ring (bicyclic) bond motifs is 1. The van der Waals surface area contributed by atoms with Gasteiger partial charge in [-0.1, -0.05) is 6.07 Å².